The van der Waals surface area contributed by atoms with Crippen molar-refractivity contribution in [2.24, 2.45) is 0 Å². The highest BCUT2D eigenvalue weighted by molar-refractivity contribution is 5.63. The SMILES string of the molecule is C=CCc1cc(C(c2ccccc2)(c2ccccc2)c2ccc(O)cc2CC=C)ccc1O. The summed E-state index contributed by atoms with van der Waals surface area (Å²) in [6, 6.07) is 32.2. The highest BCUT2D eigenvalue weighted by atomic mass is 16.3. The molecular weight excluding hydrogens is 404 g/mol. The smallest absolute Gasteiger partial charge is 0.119 e. The fraction of sp³-hybridized carbons (Fsp3) is 0.0968. The van der Waals surface area contributed by atoms with Crippen molar-refractivity contribution in [3.63, 3.8) is 0 Å². The first-order chi connectivity index (χ1) is 16.1. The van der Waals surface area contributed by atoms with Crippen molar-refractivity contribution < 1.29 is 10.2 Å². The van der Waals surface area contributed by atoms with Gasteiger partial charge in [0.1, 0.15) is 11.5 Å². The van der Waals surface area contributed by atoms with E-state index in [2.05, 4.69) is 43.5 Å². The summed E-state index contributed by atoms with van der Waals surface area (Å²) in [5.74, 6) is 0.481. The molecule has 0 radical (unpaired) electrons. The van der Waals surface area contributed by atoms with E-state index in [4.69, 9.17) is 0 Å². The van der Waals surface area contributed by atoms with Gasteiger partial charge in [0.25, 0.3) is 0 Å². The molecule has 4 aromatic carbocycles. The minimum absolute atomic E-state index is 0.226. The molecule has 0 saturated heterocycles. The van der Waals surface area contributed by atoms with Gasteiger partial charge in [-0.05, 0) is 64.4 Å². The van der Waals surface area contributed by atoms with Crippen LogP contribution >= 0.6 is 0 Å². The number of hydrogen-bond donors (Lipinski definition) is 2. The first-order valence-corrected chi connectivity index (χ1v) is 11.1. The fourth-order valence-corrected chi connectivity index (χ4v) is 4.75. The van der Waals surface area contributed by atoms with E-state index in [-0.39, 0.29) is 11.5 Å². The van der Waals surface area contributed by atoms with Crippen LogP contribution < -0.4 is 0 Å². The molecule has 0 spiro atoms. The minimum atomic E-state index is -0.668. The van der Waals surface area contributed by atoms with E-state index in [0.717, 1.165) is 33.4 Å². The molecule has 0 heterocycles. The molecule has 33 heavy (non-hydrogen) atoms. The average molecular weight is 433 g/mol. The van der Waals surface area contributed by atoms with E-state index in [9.17, 15) is 10.2 Å². The lowest BCUT2D eigenvalue weighted by molar-refractivity contribution is 0.469. The number of hydrogen-bond acceptors (Lipinski definition) is 2. The van der Waals surface area contributed by atoms with Crippen LogP contribution in [0.3, 0.4) is 0 Å². The van der Waals surface area contributed by atoms with Crippen LogP contribution in [-0.2, 0) is 18.3 Å². The van der Waals surface area contributed by atoms with Gasteiger partial charge in [-0.15, -0.1) is 13.2 Å². The van der Waals surface area contributed by atoms with Crippen molar-refractivity contribution in [3.8, 4) is 11.5 Å². The second-order valence-electron chi connectivity index (χ2n) is 8.15. The van der Waals surface area contributed by atoms with Crippen LogP contribution in [0.1, 0.15) is 33.4 Å². The monoisotopic (exact) mass is 432 g/mol. The van der Waals surface area contributed by atoms with Gasteiger partial charge in [-0.3, -0.25) is 0 Å². The third kappa shape index (κ3) is 4.08. The average Bonchev–Trinajstić information content (AvgIpc) is 2.84. The van der Waals surface area contributed by atoms with Gasteiger partial charge in [-0.2, -0.15) is 0 Å². The molecule has 0 aromatic heterocycles. The van der Waals surface area contributed by atoms with Gasteiger partial charge in [0.15, 0.2) is 0 Å². The number of benzene rings is 4. The van der Waals surface area contributed by atoms with Gasteiger partial charge >= 0.3 is 0 Å². The maximum Gasteiger partial charge on any atom is 0.119 e. The summed E-state index contributed by atoms with van der Waals surface area (Å²) >= 11 is 0. The Bertz CT molecular complexity index is 1220. The number of allylic oxidation sites excluding steroid dienone is 2. The first-order valence-electron chi connectivity index (χ1n) is 11.1. The van der Waals surface area contributed by atoms with Crippen molar-refractivity contribution in [3.05, 3.63) is 156 Å². The van der Waals surface area contributed by atoms with Crippen LogP contribution in [0.4, 0.5) is 0 Å². The second-order valence-corrected chi connectivity index (χ2v) is 8.15. The zero-order valence-corrected chi connectivity index (χ0v) is 18.6. The Balaban J connectivity index is 2.18. The topological polar surface area (TPSA) is 40.5 Å². The summed E-state index contributed by atoms with van der Waals surface area (Å²) in [4.78, 5) is 0. The molecule has 0 aliphatic heterocycles. The Morgan fingerprint density at radius 3 is 1.76 bits per heavy atom. The van der Waals surface area contributed by atoms with Crippen LogP contribution in [0.15, 0.2) is 122 Å². The highest BCUT2D eigenvalue weighted by Gasteiger charge is 2.40. The number of phenols is 2. The van der Waals surface area contributed by atoms with E-state index in [0.29, 0.717) is 12.8 Å². The Hall–Kier alpha value is -4.04. The summed E-state index contributed by atoms with van der Waals surface area (Å²) in [7, 11) is 0. The summed E-state index contributed by atoms with van der Waals surface area (Å²) < 4.78 is 0. The maximum absolute atomic E-state index is 10.5. The third-order valence-electron chi connectivity index (χ3n) is 6.15. The number of aromatic hydroxyl groups is 2. The van der Waals surface area contributed by atoms with Gasteiger partial charge < -0.3 is 10.2 Å². The van der Waals surface area contributed by atoms with E-state index in [1.165, 1.54) is 0 Å². The lowest BCUT2D eigenvalue weighted by atomic mass is 9.63. The summed E-state index contributed by atoms with van der Waals surface area (Å²) in [5, 5.41) is 20.8. The quantitative estimate of drug-likeness (QED) is 0.234. The van der Waals surface area contributed by atoms with E-state index in [1.807, 2.05) is 60.7 Å². The summed E-state index contributed by atoms with van der Waals surface area (Å²) in [5.41, 5.74) is 5.44. The molecule has 4 rings (SSSR count). The highest BCUT2D eigenvalue weighted by Crippen LogP contribution is 2.47. The maximum atomic E-state index is 10.5. The second kappa shape index (κ2) is 9.62. The zero-order chi connectivity index (χ0) is 23.3. The van der Waals surface area contributed by atoms with E-state index >= 15 is 0 Å². The molecule has 0 fully saturated rings. The van der Waals surface area contributed by atoms with Crippen LogP contribution in [0.25, 0.3) is 0 Å². The van der Waals surface area contributed by atoms with E-state index in [1.54, 1.807) is 18.2 Å². The third-order valence-corrected chi connectivity index (χ3v) is 6.15. The van der Waals surface area contributed by atoms with Gasteiger partial charge in [0.2, 0.25) is 0 Å². The summed E-state index contributed by atoms with van der Waals surface area (Å²) in [6.07, 6.45) is 4.84. The van der Waals surface area contributed by atoms with Crippen molar-refractivity contribution >= 4 is 0 Å². The summed E-state index contributed by atoms with van der Waals surface area (Å²) in [6.45, 7) is 7.81. The molecule has 0 atom stereocenters. The van der Waals surface area contributed by atoms with E-state index < -0.39 is 5.41 Å². The largest absolute Gasteiger partial charge is 0.508 e. The molecule has 0 amide bonds. The van der Waals surface area contributed by atoms with Crippen molar-refractivity contribution in [2.75, 3.05) is 0 Å². The van der Waals surface area contributed by atoms with Gasteiger partial charge in [-0.1, -0.05) is 91.0 Å². The van der Waals surface area contributed by atoms with Crippen molar-refractivity contribution in [1.29, 1.82) is 0 Å². The molecule has 2 nitrogen and oxygen atoms in total. The van der Waals surface area contributed by atoms with Crippen LogP contribution in [0, 0.1) is 0 Å². The van der Waals surface area contributed by atoms with Crippen LogP contribution in [0.5, 0.6) is 11.5 Å². The number of rotatable bonds is 8. The molecule has 0 bridgehead atoms. The van der Waals surface area contributed by atoms with Crippen LogP contribution in [0.2, 0.25) is 0 Å². The van der Waals surface area contributed by atoms with Crippen molar-refractivity contribution in [1.82, 2.24) is 0 Å². The normalized spacial score (nSPS) is 11.2. The Labute approximate surface area is 195 Å². The first kappa shape index (κ1) is 22.2. The molecule has 0 unspecified atom stereocenters. The molecular formula is C31H28O2. The molecule has 164 valence electrons. The van der Waals surface area contributed by atoms with Crippen LogP contribution in [-0.4, -0.2) is 10.2 Å². The molecule has 0 aliphatic rings. The Morgan fingerprint density at radius 1 is 0.606 bits per heavy atom. The standard InChI is InChI=1S/C31H28O2/c1-3-11-23-22-28(32)18-19-29(23)31(25-13-7-5-8-14-25,26-15-9-6-10-16-26)27-17-20-30(33)24(21-27)12-4-2/h3-10,13-22,32-33H,1-2,11-12H2. The fourth-order valence-electron chi connectivity index (χ4n) is 4.75. The lowest BCUT2D eigenvalue weighted by Crippen LogP contribution is -2.32. The Kier molecular flexibility index (Phi) is 6.46. The minimum Gasteiger partial charge on any atom is -0.508 e. The zero-order valence-electron chi connectivity index (χ0n) is 18.6. The molecule has 2 heteroatoms. The van der Waals surface area contributed by atoms with Gasteiger partial charge in [0.05, 0.1) is 5.41 Å². The molecule has 4 aromatic rings. The molecule has 2 N–H and O–H groups in total. The predicted molar refractivity (Wildman–Crippen MR) is 136 cm³/mol. The number of phenolic OH excluding ortho intramolecular Hbond substituents is 2. The lowest BCUT2D eigenvalue weighted by Gasteiger charge is -2.38. The van der Waals surface area contributed by atoms with Crippen molar-refractivity contribution in [2.45, 2.75) is 18.3 Å². The Morgan fingerprint density at radius 2 is 1.18 bits per heavy atom. The molecule has 0 saturated carbocycles. The van der Waals surface area contributed by atoms with Gasteiger partial charge in [0, 0.05) is 0 Å². The van der Waals surface area contributed by atoms with Gasteiger partial charge in [-0.25, -0.2) is 0 Å². The predicted octanol–water partition coefficient (Wildman–Crippen LogP) is 6.94. The molecule has 0 aliphatic carbocycles.